The number of H-pyrrole nitrogens is 1. The number of piperazine rings is 1. The molecule has 10 nitrogen and oxygen atoms in total. The molecule has 2 aromatic carbocycles. The highest BCUT2D eigenvalue weighted by Gasteiger charge is 2.19. The summed E-state index contributed by atoms with van der Waals surface area (Å²) in [5, 5.41) is 10.0. The molecule has 2 aromatic heterocycles. The van der Waals surface area contributed by atoms with Crippen LogP contribution in [0.15, 0.2) is 59.5 Å². The Hall–Kier alpha value is -4.49. The second-order valence-electron chi connectivity index (χ2n) is 8.16. The maximum Gasteiger partial charge on any atom is 0.277 e. The van der Waals surface area contributed by atoms with Crippen molar-refractivity contribution >= 4 is 28.1 Å². The Morgan fingerprint density at radius 1 is 1.11 bits per heavy atom. The van der Waals surface area contributed by atoms with Crippen LogP contribution < -0.4 is 20.5 Å². The van der Waals surface area contributed by atoms with Crippen LogP contribution in [0.5, 0.6) is 5.75 Å². The molecule has 1 fully saturated rings. The molecule has 3 heterocycles. The molecule has 0 saturated carbocycles. The van der Waals surface area contributed by atoms with E-state index < -0.39 is 0 Å². The highest BCUT2D eigenvalue weighted by atomic mass is 16.5. The molecule has 0 atom stereocenters. The first-order valence-electron chi connectivity index (χ1n) is 11.2. The number of methoxy groups -OCH3 is 1. The number of fused-ring (bicyclic) bond motifs is 1. The summed E-state index contributed by atoms with van der Waals surface area (Å²) in [5.41, 5.74) is 2.76. The van der Waals surface area contributed by atoms with E-state index in [0.717, 1.165) is 43.1 Å². The zero-order valence-corrected chi connectivity index (χ0v) is 19.2. The Morgan fingerprint density at radius 3 is 2.66 bits per heavy atom. The van der Waals surface area contributed by atoms with Crippen molar-refractivity contribution in [3.05, 3.63) is 76.5 Å². The molecule has 5 rings (SSSR count). The highest BCUT2D eigenvalue weighted by Crippen LogP contribution is 2.28. The molecule has 1 aliphatic rings. The second kappa shape index (κ2) is 9.79. The summed E-state index contributed by atoms with van der Waals surface area (Å²) in [6, 6.07) is 15.5. The van der Waals surface area contributed by atoms with E-state index in [-0.39, 0.29) is 5.56 Å². The average molecular weight is 469 g/mol. The Kier molecular flexibility index (Phi) is 6.24. The van der Waals surface area contributed by atoms with Gasteiger partial charge in [-0.15, -0.1) is 0 Å². The normalized spacial score (nSPS) is 14.0. The first-order valence-corrected chi connectivity index (χ1v) is 11.2. The molecule has 0 bridgehead atoms. The van der Waals surface area contributed by atoms with E-state index >= 15 is 0 Å². The van der Waals surface area contributed by atoms with Gasteiger partial charge in [-0.2, -0.15) is 5.10 Å². The maximum absolute atomic E-state index is 12.6. The molecule has 1 aliphatic heterocycles. The third-order valence-corrected chi connectivity index (χ3v) is 5.98. The lowest BCUT2D eigenvalue weighted by Gasteiger charge is -2.33. The Morgan fingerprint density at radius 2 is 1.91 bits per heavy atom. The number of ether oxygens (including phenoxy) is 1. The predicted molar refractivity (Wildman–Crippen MR) is 135 cm³/mol. The van der Waals surface area contributed by atoms with E-state index in [4.69, 9.17) is 11.3 Å². The van der Waals surface area contributed by atoms with Crippen LogP contribution in [0, 0.1) is 6.57 Å². The maximum atomic E-state index is 12.6. The van der Waals surface area contributed by atoms with Gasteiger partial charge >= 0.3 is 0 Å². The number of aromatic amines is 1. The molecule has 0 unspecified atom stereocenters. The molecule has 176 valence electrons. The van der Waals surface area contributed by atoms with Crippen LogP contribution in [0.25, 0.3) is 27.1 Å². The van der Waals surface area contributed by atoms with E-state index in [1.54, 1.807) is 7.11 Å². The molecule has 10 heteroatoms. The minimum atomic E-state index is -0.365. The zero-order chi connectivity index (χ0) is 24.2. The number of benzene rings is 2. The first kappa shape index (κ1) is 22.3. The van der Waals surface area contributed by atoms with Crippen molar-refractivity contribution in [1.82, 2.24) is 25.1 Å². The Labute approximate surface area is 202 Å². The summed E-state index contributed by atoms with van der Waals surface area (Å²) in [6.07, 6.45) is 1.52. The topological polar surface area (TPSA) is 104 Å². The number of anilines is 3. The fourth-order valence-corrected chi connectivity index (χ4v) is 4.12. The van der Waals surface area contributed by atoms with Crippen molar-refractivity contribution in [2.24, 2.45) is 0 Å². The molecule has 0 amide bonds. The standard InChI is InChI=1S/C25H24N8O2/c1-26-16-32-10-12-33(13-11-32)19-8-6-18(7-9-19)28-24-22-21(15-27-31-25(22)34)29-23(30-24)17-4-3-5-20(14-17)35-2/h3-9,14-15H,10-13,16H2,2H3,(H,31,34)(H,28,29,30). The van der Waals surface area contributed by atoms with E-state index in [1.165, 1.54) is 6.20 Å². The van der Waals surface area contributed by atoms with Crippen molar-refractivity contribution in [1.29, 1.82) is 0 Å². The molecule has 0 spiro atoms. The summed E-state index contributed by atoms with van der Waals surface area (Å²) in [5.74, 6) is 1.55. The summed E-state index contributed by atoms with van der Waals surface area (Å²) < 4.78 is 5.33. The van der Waals surface area contributed by atoms with E-state index in [9.17, 15) is 4.79 Å². The van der Waals surface area contributed by atoms with Crippen LogP contribution in [0.1, 0.15) is 0 Å². The summed E-state index contributed by atoms with van der Waals surface area (Å²) in [6.45, 7) is 11.0. The van der Waals surface area contributed by atoms with Crippen LogP contribution in [0.4, 0.5) is 17.2 Å². The average Bonchev–Trinajstić information content (AvgIpc) is 2.90. The van der Waals surface area contributed by atoms with Crippen LogP contribution in [-0.2, 0) is 0 Å². The number of aromatic nitrogens is 4. The number of nitrogens with one attached hydrogen (secondary N) is 2. The molecule has 1 saturated heterocycles. The van der Waals surface area contributed by atoms with E-state index in [1.807, 2.05) is 48.5 Å². The van der Waals surface area contributed by atoms with Crippen molar-refractivity contribution in [2.45, 2.75) is 0 Å². The second-order valence-corrected chi connectivity index (χ2v) is 8.16. The van der Waals surface area contributed by atoms with Gasteiger partial charge in [0, 0.05) is 43.1 Å². The van der Waals surface area contributed by atoms with E-state index in [0.29, 0.717) is 35.0 Å². The quantitative estimate of drug-likeness (QED) is 0.416. The molecule has 0 radical (unpaired) electrons. The highest BCUT2D eigenvalue weighted by molar-refractivity contribution is 5.91. The van der Waals surface area contributed by atoms with Gasteiger partial charge < -0.3 is 15.0 Å². The monoisotopic (exact) mass is 468 g/mol. The van der Waals surface area contributed by atoms with Crippen LogP contribution in [-0.4, -0.2) is 65.0 Å². The van der Waals surface area contributed by atoms with E-state index in [2.05, 4.69) is 40.1 Å². The minimum absolute atomic E-state index is 0.339. The lowest BCUT2D eigenvalue weighted by Crippen LogP contribution is -2.46. The van der Waals surface area contributed by atoms with Crippen molar-refractivity contribution < 1.29 is 4.74 Å². The molecular formula is C25H24N8O2. The van der Waals surface area contributed by atoms with Gasteiger partial charge in [-0.05, 0) is 36.4 Å². The Balaban J connectivity index is 1.43. The minimum Gasteiger partial charge on any atom is -0.497 e. The molecular weight excluding hydrogens is 444 g/mol. The lowest BCUT2D eigenvalue weighted by atomic mass is 10.2. The van der Waals surface area contributed by atoms with Gasteiger partial charge in [0.15, 0.2) is 5.82 Å². The van der Waals surface area contributed by atoms with Gasteiger partial charge in [-0.3, -0.25) is 9.64 Å². The largest absolute Gasteiger partial charge is 0.497 e. The third-order valence-electron chi connectivity index (χ3n) is 5.98. The fraction of sp³-hybridized carbons (Fsp3) is 0.240. The van der Waals surface area contributed by atoms with Crippen molar-refractivity contribution in [3.63, 3.8) is 0 Å². The third kappa shape index (κ3) is 4.76. The zero-order valence-electron chi connectivity index (χ0n) is 19.2. The number of hydrogen-bond donors (Lipinski definition) is 2. The van der Waals surface area contributed by atoms with Crippen molar-refractivity contribution in [2.75, 3.05) is 50.2 Å². The molecule has 0 aliphatic carbocycles. The van der Waals surface area contributed by atoms with Gasteiger partial charge in [0.1, 0.15) is 22.5 Å². The van der Waals surface area contributed by atoms with Gasteiger partial charge in [-0.1, -0.05) is 12.1 Å². The van der Waals surface area contributed by atoms with Gasteiger partial charge in [0.2, 0.25) is 0 Å². The lowest BCUT2D eigenvalue weighted by molar-refractivity contribution is 0.283. The van der Waals surface area contributed by atoms with Crippen molar-refractivity contribution in [3.8, 4) is 17.1 Å². The van der Waals surface area contributed by atoms with Crippen LogP contribution >= 0.6 is 0 Å². The summed E-state index contributed by atoms with van der Waals surface area (Å²) in [7, 11) is 1.60. The van der Waals surface area contributed by atoms with Crippen LogP contribution in [0.2, 0.25) is 0 Å². The van der Waals surface area contributed by atoms with Crippen LogP contribution in [0.3, 0.4) is 0 Å². The smallest absolute Gasteiger partial charge is 0.277 e. The SMILES string of the molecule is [C-]#[N+]CN1CCN(c2ccc(Nc3nc(-c4cccc(OC)c4)nc4cn[nH]c(=O)c34)cc2)CC1. The fourth-order valence-electron chi connectivity index (χ4n) is 4.12. The van der Waals surface area contributed by atoms with Gasteiger partial charge in [-0.25, -0.2) is 26.5 Å². The number of rotatable bonds is 6. The molecule has 35 heavy (non-hydrogen) atoms. The van der Waals surface area contributed by atoms with Gasteiger partial charge in [0.05, 0.1) is 13.3 Å². The predicted octanol–water partition coefficient (Wildman–Crippen LogP) is 3.13. The number of hydrogen-bond acceptors (Lipinski definition) is 8. The number of nitrogens with zero attached hydrogens (tertiary/aromatic N) is 6. The summed E-state index contributed by atoms with van der Waals surface area (Å²) in [4.78, 5) is 29.8. The Bertz CT molecular complexity index is 1440. The molecule has 4 aromatic rings. The first-order chi connectivity index (χ1) is 17.1. The molecule has 2 N–H and O–H groups in total. The van der Waals surface area contributed by atoms with Gasteiger partial charge in [0.25, 0.3) is 12.2 Å². The summed E-state index contributed by atoms with van der Waals surface area (Å²) >= 11 is 0.